The molecule has 7 nitrogen and oxygen atoms in total. The van der Waals surface area contributed by atoms with Crippen LogP contribution >= 0.6 is 0 Å². The van der Waals surface area contributed by atoms with Crippen molar-refractivity contribution in [2.45, 2.75) is 38.3 Å². The Hall–Kier alpha value is -3.93. The summed E-state index contributed by atoms with van der Waals surface area (Å²) in [6, 6.07) is 10.2. The molecule has 0 aliphatic carbocycles. The molecule has 9 heteroatoms. The van der Waals surface area contributed by atoms with Gasteiger partial charge in [0.1, 0.15) is 0 Å². The summed E-state index contributed by atoms with van der Waals surface area (Å²) < 4.78 is 35.7. The highest BCUT2D eigenvalue weighted by Crippen LogP contribution is 2.41. The van der Waals surface area contributed by atoms with E-state index in [4.69, 9.17) is 4.74 Å². The Labute approximate surface area is 188 Å². The Morgan fingerprint density at radius 3 is 2.79 bits per heavy atom. The van der Waals surface area contributed by atoms with E-state index in [0.717, 1.165) is 5.39 Å². The average Bonchev–Trinajstić information content (AvgIpc) is 3.35. The highest BCUT2D eigenvalue weighted by atomic mass is 19.1. The van der Waals surface area contributed by atoms with E-state index >= 15 is 0 Å². The van der Waals surface area contributed by atoms with Gasteiger partial charge in [-0.3, -0.25) is 5.10 Å². The monoisotopic (exact) mass is 452 g/mol. The fraction of sp³-hybridized carbons (Fsp3) is 0.292. The summed E-state index contributed by atoms with van der Waals surface area (Å²) in [7, 11) is 1.36. The van der Waals surface area contributed by atoms with Crippen LogP contribution in [0.5, 0.6) is 5.75 Å². The van der Waals surface area contributed by atoms with Crippen LogP contribution in [0.4, 0.5) is 8.78 Å². The lowest BCUT2D eigenvalue weighted by molar-refractivity contribution is -0.142. The zero-order chi connectivity index (χ0) is 23.9. The lowest BCUT2D eigenvalue weighted by Crippen LogP contribution is -2.25. The molecule has 4 rings (SSSR count). The summed E-state index contributed by atoms with van der Waals surface area (Å²) in [5.41, 5.74) is 2.17. The van der Waals surface area contributed by atoms with Crippen molar-refractivity contribution in [1.29, 1.82) is 5.26 Å². The van der Waals surface area contributed by atoms with Crippen LogP contribution in [-0.2, 0) is 16.6 Å². The molecular formula is C24H22F2N4O3. The molecule has 0 saturated carbocycles. The number of carboxylic acid groups (broad SMARTS) is 1. The van der Waals surface area contributed by atoms with Gasteiger partial charge in [0.25, 0.3) is 0 Å². The third-order valence-electron chi connectivity index (χ3n) is 5.84. The van der Waals surface area contributed by atoms with Crippen LogP contribution < -0.4 is 4.74 Å². The number of hydrogen-bond acceptors (Lipinski definition) is 4. The zero-order valence-corrected chi connectivity index (χ0v) is 18.3. The van der Waals surface area contributed by atoms with E-state index in [1.807, 2.05) is 24.5 Å². The molecule has 0 bridgehead atoms. The van der Waals surface area contributed by atoms with Crippen molar-refractivity contribution in [2.24, 2.45) is 0 Å². The summed E-state index contributed by atoms with van der Waals surface area (Å²) in [4.78, 5) is 11.4. The van der Waals surface area contributed by atoms with Crippen molar-refractivity contribution in [1.82, 2.24) is 14.8 Å². The molecule has 4 aromatic rings. The van der Waals surface area contributed by atoms with E-state index in [2.05, 4.69) is 16.3 Å². The van der Waals surface area contributed by atoms with Crippen LogP contribution in [0.3, 0.4) is 0 Å². The number of H-pyrrole nitrogens is 1. The van der Waals surface area contributed by atoms with Crippen LogP contribution in [-0.4, -0.2) is 39.1 Å². The van der Waals surface area contributed by atoms with Gasteiger partial charge in [-0.1, -0.05) is 13.8 Å². The third kappa shape index (κ3) is 3.78. The summed E-state index contributed by atoms with van der Waals surface area (Å²) >= 11 is 0. The number of methoxy groups -OCH3 is 1. The molecule has 1 atom stereocenters. The number of ether oxygens (including phenoxy) is 1. The van der Waals surface area contributed by atoms with Gasteiger partial charge in [-0.05, 0) is 29.8 Å². The number of carboxylic acids is 1. The van der Waals surface area contributed by atoms with E-state index in [-0.39, 0.29) is 18.6 Å². The van der Waals surface area contributed by atoms with Crippen LogP contribution in [0.1, 0.15) is 31.5 Å². The number of aliphatic carboxylic acids is 1. The normalized spacial score (nSPS) is 12.7. The number of nitrogens with zero attached hydrogens (tertiary/aromatic N) is 3. The molecule has 0 aliphatic heterocycles. The first-order valence-corrected chi connectivity index (χ1v) is 10.3. The highest BCUT2D eigenvalue weighted by Gasteiger charge is 2.33. The first-order valence-electron chi connectivity index (χ1n) is 10.3. The van der Waals surface area contributed by atoms with Gasteiger partial charge < -0.3 is 14.4 Å². The van der Waals surface area contributed by atoms with Crippen molar-refractivity contribution in [2.75, 3.05) is 7.11 Å². The molecule has 2 aromatic heterocycles. The van der Waals surface area contributed by atoms with Crippen molar-refractivity contribution in [3.63, 3.8) is 0 Å². The van der Waals surface area contributed by atoms with Gasteiger partial charge in [0.2, 0.25) is 6.17 Å². The fourth-order valence-electron chi connectivity index (χ4n) is 4.31. The number of halogens is 2. The van der Waals surface area contributed by atoms with Gasteiger partial charge in [-0.15, -0.1) is 0 Å². The number of carbonyl (C=O) groups is 1. The van der Waals surface area contributed by atoms with Gasteiger partial charge in [-0.2, -0.15) is 10.4 Å². The van der Waals surface area contributed by atoms with Crippen LogP contribution in [0.25, 0.3) is 27.5 Å². The first kappa shape index (κ1) is 22.3. The number of aromatic nitrogens is 3. The maximum Gasteiger partial charge on any atom is 0.338 e. The van der Waals surface area contributed by atoms with Crippen LogP contribution in [0, 0.1) is 17.1 Å². The Balaban J connectivity index is 2.15. The molecular weight excluding hydrogens is 430 g/mol. The molecule has 0 radical (unpaired) electrons. The predicted octanol–water partition coefficient (Wildman–Crippen LogP) is 4.81. The van der Waals surface area contributed by atoms with Crippen molar-refractivity contribution in [3.05, 3.63) is 53.6 Å². The van der Waals surface area contributed by atoms with E-state index in [1.165, 1.54) is 19.2 Å². The number of hydrogen-bond donors (Lipinski definition) is 2. The summed E-state index contributed by atoms with van der Waals surface area (Å²) in [6.45, 7) is 3.68. The summed E-state index contributed by atoms with van der Waals surface area (Å²) in [5.74, 6) is -2.08. The van der Waals surface area contributed by atoms with E-state index in [1.54, 1.807) is 18.3 Å². The van der Waals surface area contributed by atoms with Crippen LogP contribution in [0.2, 0.25) is 0 Å². The maximum atomic E-state index is 14.6. The SMILES string of the molecule is COc1cc(-n2c(C(C)(C)CC#N)c(C[C@@H](F)C(=O)O)c3cc4[nH]ncc4cc32)ccc1F. The average molecular weight is 452 g/mol. The molecule has 2 heterocycles. The number of rotatable bonds is 7. The second-order valence-corrected chi connectivity index (χ2v) is 8.54. The molecule has 0 aliphatic rings. The Bertz CT molecular complexity index is 1410. The topological polar surface area (TPSA) is 104 Å². The minimum atomic E-state index is -2.14. The third-order valence-corrected chi connectivity index (χ3v) is 5.84. The fourth-order valence-corrected chi connectivity index (χ4v) is 4.31. The Kier molecular flexibility index (Phi) is 5.54. The van der Waals surface area contributed by atoms with Crippen molar-refractivity contribution < 1.29 is 23.4 Å². The van der Waals surface area contributed by atoms with Crippen molar-refractivity contribution in [3.8, 4) is 17.5 Å². The van der Waals surface area contributed by atoms with Crippen LogP contribution in [0.15, 0.2) is 36.5 Å². The molecule has 2 N–H and O–H groups in total. The Morgan fingerprint density at radius 1 is 1.36 bits per heavy atom. The second-order valence-electron chi connectivity index (χ2n) is 8.54. The largest absolute Gasteiger partial charge is 0.494 e. The number of benzene rings is 2. The Morgan fingerprint density at radius 2 is 2.12 bits per heavy atom. The number of nitriles is 1. The molecule has 0 amide bonds. The molecule has 0 fully saturated rings. The van der Waals surface area contributed by atoms with Crippen molar-refractivity contribution >= 4 is 27.8 Å². The minimum Gasteiger partial charge on any atom is -0.494 e. The standard InChI is InChI=1S/C24H22F2N4O3/c1-24(2,6-7-27)22-16(10-18(26)23(31)32)15-11-19-13(12-28-29-19)8-20(15)30(22)14-4-5-17(25)21(9-14)33-3/h4-5,8-9,11-12,18H,6,10H2,1-3H3,(H,28,29)(H,31,32)/t18-/m1/s1. The highest BCUT2D eigenvalue weighted by molar-refractivity contribution is 5.99. The first-order chi connectivity index (χ1) is 15.7. The summed E-state index contributed by atoms with van der Waals surface area (Å²) in [6.07, 6.45) is -0.785. The van der Waals surface area contributed by atoms with Gasteiger partial charge >= 0.3 is 5.97 Å². The molecule has 33 heavy (non-hydrogen) atoms. The lowest BCUT2D eigenvalue weighted by atomic mass is 9.82. The minimum absolute atomic E-state index is 0.0261. The van der Waals surface area contributed by atoms with Gasteiger partial charge in [0, 0.05) is 46.5 Å². The smallest absolute Gasteiger partial charge is 0.338 e. The molecule has 2 aromatic carbocycles. The zero-order valence-electron chi connectivity index (χ0n) is 18.3. The van der Waals surface area contributed by atoms with E-state index in [9.17, 15) is 23.9 Å². The number of aromatic amines is 1. The number of nitrogens with one attached hydrogen (secondary N) is 1. The summed E-state index contributed by atoms with van der Waals surface area (Å²) in [5, 5.41) is 27.1. The predicted molar refractivity (Wildman–Crippen MR) is 119 cm³/mol. The number of fused-ring (bicyclic) bond motifs is 2. The maximum absolute atomic E-state index is 14.6. The van der Waals surface area contributed by atoms with Gasteiger partial charge in [0.15, 0.2) is 11.6 Å². The molecule has 0 unspecified atom stereocenters. The van der Waals surface area contributed by atoms with E-state index < -0.39 is 23.4 Å². The van der Waals surface area contributed by atoms with E-state index in [0.29, 0.717) is 33.4 Å². The molecule has 0 saturated heterocycles. The van der Waals surface area contributed by atoms with Gasteiger partial charge in [-0.25, -0.2) is 13.6 Å². The molecule has 170 valence electrons. The lowest BCUT2D eigenvalue weighted by Gasteiger charge is -2.27. The second kappa shape index (κ2) is 8.20. The molecule has 0 spiro atoms. The number of alkyl halides is 1. The van der Waals surface area contributed by atoms with Gasteiger partial charge in [0.05, 0.1) is 30.4 Å². The quantitative estimate of drug-likeness (QED) is 0.419.